The van der Waals surface area contributed by atoms with Crippen molar-refractivity contribution in [1.82, 2.24) is 5.32 Å². The Morgan fingerprint density at radius 3 is 2.30 bits per heavy atom. The summed E-state index contributed by atoms with van der Waals surface area (Å²) < 4.78 is 10.3. The average Bonchev–Trinajstić information content (AvgIpc) is 3.29. The van der Waals surface area contributed by atoms with Gasteiger partial charge in [0.25, 0.3) is 5.91 Å². The summed E-state index contributed by atoms with van der Waals surface area (Å²) in [6.45, 7) is 2.01. The van der Waals surface area contributed by atoms with Gasteiger partial charge in [0.05, 0.1) is 19.8 Å². The topological polar surface area (TPSA) is 67.8 Å². The van der Waals surface area contributed by atoms with Gasteiger partial charge in [-0.3, -0.25) is 4.79 Å². The fourth-order valence-corrected chi connectivity index (χ4v) is 2.15. The molecule has 0 saturated heterocycles. The van der Waals surface area contributed by atoms with E-state index in [1.54, 1.807) is 25.1 Å². The summed E-state index contributed by atoms with van der Waals surface area (Å²) >= 11 is 0. The van der Waals surface area contributed by atoms with Crippen LogP contribution < -0.4 is 14.8 Å². The van der Waals surface area contributed by atoms with Crippen LogP contribution in [0.15, 0.2) is 18.2 Å². The first-order chi connectivity index (χ1) is 9.46. The summed E-state index contributed by atoms with van der Waals surface area (Å²) in [5.74, 6) is 1.16. The number of hydrogen-bond acceptors (Lipinski definition) is 4. The summed E-state index contributed by atoms with van der Waals surface area (Å²) in [4.78, 5) is 12.1. The molecule has 1 aromatic rings. The SMILES string of the molecule is COc1cc(OC)cc(C(=O)NC[C@@](C)(O)C2CC2)c1. The quantitative estimate of drug-likeness (QED) is 0.830. The summed E-state index contributed by atoms with van der Waals surface area (Å²) in [6.07, 6.45) is 2.05. The second-order valence-electron chi connectivity index (χ2n) is 5.42. The molecule has 0 aliphatic heterocycles. The average molecular weight is 279 g/mol. The van der Waals surface area contributed by atoms with E-state index >= 15 is 0 Å². The maximum Gasteiger partial charge on any atom is 0.251 e. The Balaban J connectivity index is 2.04. The number of carbonyl (C=O) groups excluding carboxylic acids is 1. The minimum atomic E-state index is -0.835. The van der Waals surface area contributed by atoms with Gasteiger partial charge in [0.2, 0.25) is 0 Å². The highest BCUT2D eigenvalue weighted by atomic mass is 16.5. The van der Waals surface area contributed by atoms with Crippen LogP contribution in [0.25, 0.3) is 0 Å². The molecule has 20 heavy (non-hydrogen) atoms. The third-order valence-electron chi connectivity index (χ3n) is 3.68. The molecule has 2 N–H and O–H groups in total. The number of methoxy groups -OCH3 is 2. The molecule has 110 valence electrons. The Bertz CT molecular complexity index is 472. The Labute approximate surface area is 118 Å². The first kappa shape index (κ1) is 14.7. The van der Waals surface area contributed by atoms with Gasteiger partial charge in [-0.15, -0.1) is 0 Å². The van der Waals surface area contributed by atoms with Crippen LogP contribution in [0.3, 0.4) is 0 Å². The van der Waals surface area contributed by atoms with Crippen LogP contribution in [0, 0.1) is 5.92 Å². The number of ether oxygens (including phenoxy) is 2. The summed E-state index contributed by atoms with van der Waals surface area (Å²) in [5, 5.41) is 13.0. The number of aliphatic hydroxyl groups is 1. The fraction of sp³-hybridized carbons (Fsp3) is 0.533. The van der Waals surface area contributed by atoms with Crippen molar-refractivity contribution in [2.24, 2.45) is 5.92 Å². The van der Waals surface area contributed by atoms with Crippen LogP contribution in [-0.2, 0) is 0 Å². The zero-order valence-electron chi connectivity index (χ0n) is 12.1. The van der Waals surface area contributed by atoms with Crippen molar-refractivity contribution in [2.45, 2.75) is 25.4 Å². The monoisotopic (exact) mass is 279 g/mol. The van der Waals surface area contributed by atoms with Gasteiger partial charge < -0.3 is 19.9 Å². The maximum absolute atomic E-state index is 12.1. The van der Waals surface area contributed by atoms with Gasteiger partial charge >= 0.3 is 0 Å². The molecule has 0 bridgehead atoms. The molecular formula is C15H21NO4. The summed E-state index contributed by atoms with van der Waals surface area (Å²) in [6, 6.07) is 4.99. The fourth-order valence-electron chi connectivity index (χ4n) is 2.15. The molecule has 0 heterocycles. The molecular weight excluding hydrogens is 258 g/mol. The van der Waals surface area contributed by atoms with E-state index < -0.39 is 5.60 Å². The van der Waals surface area contributed by atoms with E-state index in [2.05, 4.69) is 5.32 Å². The molecule has 1 saturated carbocycles. The molecule has 5 heteroatoms. The lowest BCUT2D eigenvalue weighted by Gasteiger charge is -2.23. The van der Waals surface area contributed by atoms with Crippen LogP contribution in [0.2, 0.25) is 0 Å². The zero-order valence-corrected chi connectivity index (χ0v) is 12.1. The number of rotatable bonds is 6. The molecule has 1 aliphatic rings. The third kappa shape index (κ3) is 3.42. The Morgan fingerprint density at radius 2 is 1.85 bits per heavy atom. The summed E-state index contributed by atoms with van der Waals surface area (Å²) in [7, 11) is 3.07. The van der Waals surface area contributed by atoms with E-state index in [1.807, 2.05) is 0 Å². The first-order valence-electron chi connectivity index (χ1n) is 6.70. The first-order valence-corrected chi connectivity index (χ1v) is 6.70. The highest BCUT2D eigenvalue weighted by Crippen LogP contribution is 2.39. The number of hydrogen-bond donors (Lipinski definition) is 2. The third-order valence-corrected chi connectivity index (χ3v) is 3.68. The summed E-state index contributed by atoms with van der Waals surface area (Å²) in [5.41, 5.74) is -0.383. The van der Waals surface area contributed by atoms with Gasteiger partial charge in [-0.2, -0.15) is 0 Å². The molecule has 0 unspecified atom stereocenters. The van der Waals surface area contributed by atoms with Gasteiger partial charge in [0.15, 0.2) is 0 Å². The van der Waals surface area contributed by atoms with E-state index in [0.29, 0.717) is 23.0 Å². The lowest BCUT2D eigenvalue weighted by atomic mass is 10.0. The molecule has 0 spiro atoms. The maximum atomic E-state index is 12.1. The molecule has 1 atom stereocenters. The van der Waals surface area contributed by atoms with E-state index in [9.17, 15) is 9.90 Å². The molecule has 0 radical (unpaired) electrons. The van der Waals surface area contributed by atoms with Crippen molar-refractivity contribution in [3.8, 4) is 11.5 Å². The lowest BCUT2D eigenvalue weighted by Crippen LogP contribution is -2.42. The minimum Gasteiger partial charge on any atom is -0.497 e. The van der Waals surface area contributed by atoms with Crippen LogP contribution in [0.4, 0.5) is 0 Å². The van der Waals surface area contributed by atoms with Crippen molar-refractivity contribution in [2.75, 3.05) is 20.8 Å². The standard InChI is InChI=1S/C15H21NO4/c1-15(18,11-4-5-11)9-16-14(17)10-6-12(19-2)8-13(7-10)20-3/h6-8,11,18H,4-5,9H2,1-3H3,(H,16,17)/t15-/m1/s1. The molecule has 5 nitrogen and oxygen atoms in total. The van der Waals surface area contributed by atoms with Crippen molar-refractivity contribution in [1.29, 1.82) is 0 Å². The molecule has 0 aromatic heterocycles. The largest absolute Gasteiger partial charge is 0.497 e. The highest BCUT2D eigenvalue weighted by molar-refractivity contribution is 5.95. The van der Waals surface area contributed by atoms with Crippen molar-refractivity contribution < 1.29 is 19.4 Å². The van der Waals surface area contributed by atoms with Crippen LogP contribution in [-0.4, -0.2) is 37.4 Å². The molecule has 1 aromatic carbocycles. The normalized spacial score (nSPS) is 17.2. The molecule has 1 amide bonds. The van der Waals surface area contributed by atoms with Gasteiger partial charge in [-0.1, -0.05) is 0 Å². The number of benzene rings is 1. The van der Waals surface area contributed by atoms with Gasteiger partial charge in [-0.25, -0.2) is 0 Å². The number of nitrogens with one attached hydrogen (secondary N) is 1. The van der Waals surface area contributed by atoms with Crippen LogP contribution in [0.1, 0.15) is 30.1 Å². The van der Waals surface area contributed by atoms with E-state index in [4.69, 9.17) is 9.47 Å². The predicted molar refractivity (Wildman–Crippen MR) is 75.2 cm³/mol. The van der Waals surface area contributed by atoms with Crippen molar-refractivity contribution in [3.05, 3.63) is 23.8 Å². The highest BCUT2D eigenvalue weighted by Gasteiger charge is 2.39. The second-order valence-corrected chi connectivity index (χ2v) is 5.42. The lowest BCUT2D eigenvalue weighted by molar-refractivity contribution is 0.0354. The predicted octanol–water partition coefficient (Wildman–Crippen LogP) is 1.59. The number of amides is 1. The van der Waals surface area contributed by atoms with Gasteiger partial charge in [-0.05, 0) is 37.8 Å². The van der Waals surface area contributed by atoms with Crippen LogP contribution >= 0.6 is 0 Å². The van der Waals surface area contributed by atoms with Crippen molar-refractivity contribution >= 4 is 5.91 Å². The molecule has 2 rings (SSSR count). The van der Waals surface area contributed by atoms with Crippen molar-refractivity contribution in [3.63, 3.8) is 0 Å². The Morgan fingerprint density at radius 1 is 1.30 bits per heavy atom. The van der Waals surface area contributed by atoms with E-state index in [1.165, 1.54) is 14.2 Å². The molecule has 1 aliphatic carbocycles. The van der Waals surface area contributed by atoms with Crippen LogP contribution in [0.5, 0.6) is 11.5 Å². The van der Waals surface area contributed by atoms with E-state index in [-0.39, 0.29) is 12.5 Å². The Kier molecular flexibility index (Phi) is 4.18. The smallest absolute Gasteiger partial charge is 0.251 e. The van der Waals surface area contributed by atoms with E-state index in [0.717, 1.165) is 12.8 Å². The number of carbonyl (C=O) groups is 1. The Hall–Kier alpha value is -1.75. The van der Waals surface area contributed by atoms with Gasteiger partial charge in [0.1, 0.15) is 11.5 Å². The van der Waals surface area contributed by atoms with Gasteiger partial charge in [0, 0.05) is 18.2 Å². The second kappa shape index (κ2) is 5.71. The minimum absolute atomic E-state index is 0.246. The molecule has 1 fully saturated rings. The zero-order chi connectivity index (χ0) is 14.8.